The van der Waals surface area contributed by atoms with Gasteiger partial charge in [-0.05, 0) is 62.8 Å². The van der Waals surface area contributed by atoms with Gasteiger partial charge in [0.2, 0.25) is 5.60 Å². The van der Waals surface area contributed by atoms with Crippen molar-refractivity contribution in [3.8, 4) is 11.8 Å². The van der Waals surface area contributed by atoms with Crippen LogP contribution in [0.2, 0.25) is 0 Å². The van der Waals surface area contributed by atoms with Crippen molar-refractivity contribution in [3.63, 3.8) is 0 Å². The van der Waals surface area contributed by atoms with Gasteiger partial charge in [-0.25, -0.2) is 14.1 Å². The number of carbonyl (C=O) groups is 1. The molecule has 2 aliphatic rings. The Hall–Kier alpha value is -3.78. The largest absolute Gasteiger partial charge is 0.464 e. The highest BCUT2D eigenvalue weighted by Gasteiger charge is 2.57. The van der Waals surface area contributed by atoms with E-state index in [1.54, 1.807) is 30.3 Å². The Labute approximate surface area is 267 Å². The van der Waals surface area contributed by atoms with Crippen LogP contribution in [0.15, 0.2) is 48.8 Å². The van der Waals surface area contributed by atoms with Gasteiger partial charge in [0, 0.05) is 0 Å². The summed E-state index contributed by atoms with van der Waals surface area (Å²) in [5.74, 6) is -2.30. The molecule has 3 heterocycles. The summed E-state index contributed by atoms with van der Waals surface area (Å²) in [6.07, 6.45) is -7.53. The van der Waals surface area contributed by atoms with Crippen molar-refractivity contribution in [1.82, 2.24) is 19.7 Å². The van der Waals surface area contributed by atoms with Gasteiger partial charge in [-0.15, -0.1) is 0 Å². The number of nitrogens with two attached hydrogens (primary N) is 1. The van der Waals surface area contributed by atoms with Crippen LogP contribution in [-0.2, 0) is 23.4 Å². The summed E-state index contributed by atoms with van der Waals surface area (Å²) < 4.78 is 76.8. The minimum Gasteiger partial charge on any atom is -0.464 e. The summed E-state index contributed by atoms with van der Waals surface area (Å²) in [5.41, 5.74) is 4.25. The number of nitriles is 1. The molecule has 1 aromatic carbocycles. The first-order chi connectivity index (χ1) is 22.2. The molecule has 2 fully saturated rings. The molecule has 5 rings (SSSR count). The molecular weight excluding hydrogens is 648 g/mol. The van der Waals surface area contributed by atoms with Gasteiger partial charge in [0.1, 0.15) is 54.6 Å². The number of anilines is 1. The van der Waals surface area contributed by atoms with Gasteiger partial charge < -0.3 is 29.9 Å². The Morgan fingerprint density at radius 2 is 1.94 bits per heavy atom. The van der Waals surface area contributed by atoms with Crippen molar-refractivity contribution in [2.45, 2.75) is 68.7 Å². The second-order valence-electron chi connectivity index (χ2n) is 11.6. The van der Waals surface area contributed by atoms with Gasteiger partial charge in [-0.3, -0.25) is 9.32 Å². The van der Waals surface area contributed by atoms with Crippen molar-refractivity contribution in [3.05, 3.63) is 54.5 Å². The molecule has 6 atom stereocenters. The monoisotopic (exact) mass is 682 g/mol. The Balaban J connectivity index is 1.28. The average molecular weight is 683 g/mol. The second-order valence-corrected chi connectivity index (χ2v) is 13.3. The Bertz CT molecular complexity index is 1650. The number of nitrogens with one attached hydrogen (secondary N) is 1. The smallest absolute Gasteiger partial charge is 0.459 e. The zero-order valence-corrected chi connectivity index (χ0v) is 26.0. The first-order valence-electron chi connectivity index (χ1n) is 14.8. The minimum absolute atomic E-state index is 0.0554. The number of ether oxygens (including phenoxy) is 2. The van der Waals surface area contributed by atoms with E-state index in [0.717, 1.165) is 0 Å². The third kappa shape index (κ3) is 7.53. The lowest BCUT2D eigenvalue weighted by atomic mass is 9.82. The summed E-state index contributed by atoms with van der Waals surface area (Å²) in [7, 11) is -4.56. The van der Waals surface area contributed by atoms with Crippen molar-refractivity contribution >= 4 is 25.1 Å². The highest BCUT2D eigenvalue weighted by molar-refractivity contribution is 7.52. The number of esters is 1. The molecule has 1 saturated heterocycles. The quantitative estimate of drug-likeness (QED) is 0.169. The summed E-state index contributed by atoms with van der Waals surface area (Å²) in [4.78, 5) is 16.7. The van der Waals surface area contributed by atoms with E-state index < -0.39 is 62.4 Å². The van der Waals surface area contributed by atoms with E-state index in [-0.39, 0.29) is 55.5 Å². The first kappa shape index (κ1) is 34.6. The molecule has 0 bridgehead atoms. The number of carbonyl (C=O) groups excluding carboxylic acids is 1. The van der Waals surface area contributed by atoms with E-state index in [4.69, 9.17) is 24.3 Å². The van der Waals surface area contributed by atoms with Gasteiger partial charge in [0.25, 0.3) is 0 Å². The molecule has 3 aromatic rings. The number of halogens is 3. The number of benzene rings is 1. The maximum absolute atomic E-state index is 14.0. The number of nitrogens with zero attached hydrogens (tertiary/aromatic N) is 4. The fourth-order valence-corrected chi connectivity index (χ4v) is 7.16. The lowest BCUT2D eigenvalue weighted by Crippen LogP contribution is -2.46. The summed E-state index contributed by atoms with van der Waals surface area (Å²) in [6, 6.07) is 11.4. The molecule has 1 saturated carbocycles. The van der Waals surface area contributed by atoms with Crippen LogP contribution in [0, 0.1) is 23.2 Å². The summed E-state index contributed by atoms with van der Waals surface area (Å²) in [5, 5.41) is 38.6. The SMILES string of the molecule is C[C@H](NP(=O)(OC[C@@]1(C#N)O[C@@H](c2ccc3c(N)ncnn23)[C@H](O)[C@@H]1O)Oc1ccccc1)C(=O)OCC1CCC(C(F)(F)F)CC1. The van der Waals surface area contributed by atoms with Gasteiger partial charge >= 0.3 is 19.9 Å². The Morgan fingerprint density at radius 3 is 2.60 bits per heavy atom. The fourth-order valence-electron chi connectivity index (χ4n) is 5.64. The topological polar surface area (TPSA) is 204 Å². The molecule has 0 radical (unpaired) electrons. The van der Waals surface area contributed by atoms with E-state index in [2.05, 4.69) is 15.2 Å². The molecule has 1 unspecified atom stereocenters. The Morgan fingerprint density at radius 1 is 1.23 bits per heavy atom. The van der Waals surface area contributed by atoms with Gasteiger partial charge in [0.05, 0.1) is 18.2 Å². The molecule has 1 aliphatic carbocycles. The predicted octanol–water partition coefficient (Wildman–Crippen LogP) is 3.46. The number of alkyl halides is 3. The van der Waals surface area contributed by atoms with Gasteiger partial charge in [-0.2, -0.15) is 28.6 Å². The normalized spacial score (nSPS) is 28.3. The van der Waals surface area contributed by atoms with Crippen molar-refractivity contribution in [1.29, 1.82) is 5.26 Å². The molecule has 18 heteroatoms. The first-order valence-corrected chi connectivity index (χ1v) is 16.3. The molecule has 0 spiro atoms. The standard InChI is InChI=1S/C29H34F3N6O8P/c1-17(27(41)43-13-18-7-9-19(10-8-18)29(30,31)32)37-47(42,46-20-5-3-2-4-6-20)44-15-28(14-33)25(40)23(39)24(45-28)21-11-12-22-26(34)35-16-36-38(21)22/h2-6,11-12,16-19,23-25,39-40H,7-10,13,15H2,1H3,(H,37,42)(H2,34,35,36)/t17-,18?,19?,23-,24-,25-,28+,47?/m0/s1. The fraction of sp³-hybridized carbons (Fsp3) is 0.517. The number of aliphatic hydroxyl groups excluding tert-OH is 2. The van der Waals surface area contributed by atoms with Gasteiger partial charge in [0.15, 0.2) is 5.82 Å². The van der Waals surface area contributed by atoms with Crippen LogP contribution < -0.4 is 15.3 Å². The molecular formula is C29H34F3N6O8P. The van der Waals surface area contributed by atoms with E-state index in [0.29, 0.717) is 5.52 Å². The van der Waals surface area contributed by atoms with E-state index in [1.165, 1.54) is 36.0 Å². The summed E-state index contributed by atoms with van der Waals surface area (Å²) >= 11 is 0. The maximum atomic E-state index is 14.0. The number of rotatable bonds is 11. The number of aromatic nitrogens is 3. The number of hydrogen-bond donors (Lipinski definition) is 4. The third-order valence-corrected chi connectivity index (χ3v) is 9.96. The molecule has 0 amide bonds. The minimum atomic E-state index is -4.56. The average Bonchev–Trinajstić information content (AvgIpc) is 3.58. The van der Waals surface area contributed by atoms with Crippen LogP contribution in [-0.4, -0.2) is 74.0 Å². The molecule has 2 aromatic heterocycles. The second kappa shape index (κ2) is 13.8. The lowest BCUT2D eigenvalue weighted by Gasteiger charge is -2.30. The highest BCUT2D eigenvalue weighted by Crippen LogP contribution is 2.48. The zero-order valence-electron chi connectivity index (χ0n) is 25.1. The van der Waals surface area contributed by atoms with Crippen LogP contribution in [0.5, 0.6) is 5.75 Å². The molecule has 5 N–H and O–H groups in total. The summed E-state index contributed by atoms with van der Waals surface area (Å²) in [6.45, 7) is 0.307. The highest BCUT2D eigenvalue weighted by atomic mass is 31.2. The van der Waals surface area contributed by atoms with Crippen molar-refractivity contribution < 1.29 is 51.3 Å². The number of fused-ring (bicyclic) bond motifs is 1. The number of nitrogen functional groups attached to an aromatic ring is 1. The number of hydrogen-bond acceptors (Lipinski definition) is 12. The predicted molar refractivity (Wildman–Crippen MR) is 157 cm³/mol. The van der Waals surface area contributed by atoms with Gasteiger partial charge in [-0.1, -0.05) is 18.2 Å². The maximum Gasteiger partial charge on any atom is 0.459 e. The number of para-hydroxylation sites is 1. The molecule has 47 heavy (non-hydrogen) atoms. The van der Waals surface area contributed by atoms with E-state index >= 15 is 0 Å². The van der Waals surface area contributed by atoms with Crippen LogP contribution in [0.3, 0.4) is 0 Å². The van der Waals surface area contributed by atoms with E-state index in [9.17, 15) is 38.0 Å². The Kier molecular flexibility index (Phi) is 10.1. The van der Waals surface area contributed by atoms with Crippen LogP contribution in [0.4, 0.5) is 19.0 Å². The number of aliphatic hydroxyl groups is 2. The van der Waals surface area contributed by atoms with Crippen LogP contribution in [0.25, 0.3) is 5.52 Å². The molecule has 14 nitrogen and oxygen atoms in total. The van der Waals surface area contributed by atoms with E-state index in [1.807, 2.05) is 0 Å². The van der Waals surface area contributed by atoms with Crippen LogP contribution in [0.1, 0.15) is 44.4 Å². The molecule has 1 aliphatic heterocycles. The van der Waals surface area contributed by atoms with Crippen molar-refractivity contribution in [2.24, 2.45) is 11.8 Å². The third-order valence-electron chi connectivity index (χ3n) is 8.33. The van der Waals surface area contributed by atoms with Crippen LogP contribution >= 0.6 is 7.75 Å². The van der Waals surface area contributed by atoms with Crippen molar-refractivity contribution in [2.75, 3.05) is 18.9 Å². The zero-order chi connectivity index (χ0) is 34.0. The molecule has 254 valence electrons. The lowest BCUT2D eigenvalue weighted by molar-refractivity contribution is -0.185.